The number of ether oxygens (including phenoxy) is 2. The average Bonchev–Trinajstić information content (AvgIpc) is 3.15. The van der Waals surface area contributed by atoms with E-state index in [0.29, 0.717) is 13.1 Å². The fraction of sp³-hybridized carbons (Fsp3) is 0.550. The molecule has 1 atom stereocenters. The van der Waals surface area contributed by atoms with E-state index >= 15 is 0 Å². The number of carbonyl (C=O) groups excluding carboxylic acids is 3. The average molecular weight is 374 g/mol. The molecule has 1 N–H and O–H groups in total. The number of hydrogen-bond donors (Lipinski definition) is 1. The Balaban J connectivity index is 1.42. The van der Waals surface area contributed by atoms with Gasteiger partial charge in [-0.2, -0.15) is 0 Å². The van der Waals surface area contributed by atoms with E-state index in [2.05, 4.69) is 5.32 Å². The Hall–Kier alpha value is -2.57. The Morgan fingerprint density at radius 1 is 1.15 bits per heavy atom. The number of nitrogens with one attached hydrogen (secondary N) is 1. The largest absolute Gasteiger partial charge is 0.457 e. The topological polar surface area (TPSA) is 84.9 Å². The van der Waals surface area contributed by atoms with Crippen LogP contribution in [0.5, 0.6) is 0 Å². The summed E-state index contributed by atoms with van der Waals surface area (Å²) in [7, 11) is 0. The van der Waals surface area contributed by atoms with Crippen LogP contribution in [-0.2, 0) is 25.7 Å². The molecule has 1 heterocycles. The molecule has 0 spiro atoms. The molecule has 2 aliphatic rings. The Labute approximate surface area is 159 Å². The molecule has 7 heteroatoms. The highest BCUT2D eigenvalue weighted by Gasteiger charge is 2.38. The highest BCUT2D eigenvalue weighted by atomic mass is 16.6. The maximum Gasteiger partial charge on any atom is 0.410 e. The molecular formula is C20H26N2O5. The Kier molecular flexibility index (Phi) is 6.32. The molecule has 1 aromatic carbocycles. The smallest absolute Gasteiger partial charge is 0.410 e. The molecule has 0 radical (unpaired) electrons. The third-order valence-corrected chi connectivity index (χ3v) is 5.08. The van der Waals surface area contributed by atoms with Gasteiger partial charge in [0.1, 0.15) is 18.8 Å². The molecule has 1 unspecified atom stereocenters. The summed E-state index contributed by atoms with van der Waals surface area (Å²) in [5, 5.41) is 2.73. The van der Waals surface area contributed by atoms with Gasteiger partial charge in [-0.15, -0.1) is 0 Å². The van der Waals surface area contributed by atoms with Gasteiger partial charge in [-0.1, -0.05) is 43.2 Å². The van der Waals surface area contributed by atoms with Crippen molar-refractivity contribution < 1.29 is 23.9 Å². The summed E-state index contributed by atoms with van der Waals surface area (Å²) in [6.07, 6.45) is 3.21. The molecule has 1 saturated carbocycles. The molecule has 3 rings (SSSR count). The lowest BCUT2D eigenvalue weighted by atomic mass is 9.98. The van der Waals surface area contributed by atoms with Crippen molar-refractivity contribution in [2.75, 3.05) is 13.1 Å². The first-order chi connectivity index (χ1) is 13.0. The minimum atomic E-state index is -0.593. The Morgan fingerprint density at radius 3 is 2.44 bits per heavy atom. The van der Waals surface area contributed by atoms with Crippen LogP contribution in [0, 0.1) is 5.92 Å². The third-order valence-electron chi connectivity index (χ3n) is 5.08. The van der Waals surface area contributed by atoms with Crippen molar-refractivity contribution in [2.45, 2.75) is 51.4 Å². The zero-order valence-electron chi connectivity index (χ0n) is 15.6. The Bertz CT molecular complexity index is 666. The second-order valence-electron chi connectivity index (χ2n) is 7.23. The van der Waals surface area contributed by atoms with Crippen LogP contribution in [0.2, 0.25) is 0 Å². The van der Waals surface area contributed by atoms with Crippen LogP contribution in [0.15, 0.2) is 30.3 Å². The lowest BCUT2D eigenvalue weighted by molar-refractivity contribution is -0.161. The lowest BCUT2D eigenvalue weighted by Gasteiger charge is -2.38. The van der Waals surface area contributed by atoms with E-state index < -0.39 is 18.1 Å². The highest BCUT2D eigenvalue weighted by molar-refractivity contribution is 5.83. The number of likely N-dealkylation sites (tertiary alicyclic amines) is 1. The minimum absolute atomic E-state index is 0.133. The summed E-state index contributed by atoms with van der Waals surface area (Å²) in [6, 6.07) is 8.86. The van der Waals surface area contributed by atoms with Crippen molar-refractivity contribution in [1.82, 2.24) is 10.2 Å². The van der Waals surface area contributed by atoms with Crippen LogP contribution in [0.25, 0.3) is 0 Å². The summed E-state index contributed by atoms with van der Waals surface area (Å²) < 4.78 is 10.8. The van der Waals surface area contributed by atoms with E-state index in [9.17, 15) is 14.4 Å². The molecule has 1 aliphatic heterocycles. The number of nitrogens with zero attached hydrogens (tertiary/aromatic N) is 1. The summed E-state index contributed by atoms with van der Waals surface area (Å²) in [5.41, 5.74) is 0.920. The van der Waals surface area contributed by atoms with Crippen LogP contribution >= 0.6 is 0 Å². The van der Waals surface area contributed by atoms with Gasteiger partial charge in [-0.05, 0) is 24.3 Å². The highest BCUT2D eigenvalue weighted by Crippen LogP contribution is 2.29. The van der Waals surface area contributed by atoms with Gasteiger partial charge in [0, 0.05) is 6.92 Å². The van der Waals surface area contributed by atoms with Crippen LogP contribution in [-0.4, -0.2) is 48.1 Å². The summed E-state index contributed by atoms with van der Waals surface area (Å²) in [4.78, 5) is 37.4. The predicted octanol–water partition coefficient (Wildman–Crippen LogP) is 2.25. The fourth-order valence-electron chi connectivity index (χ4n) is 3.59. The zero-order chi connectivity index (χ0) is 19.2. The van der Waals surface area contributed by atoms with E-state index in [4.69, 9.17) is 9.47 Å². The quantitative estimate of drug-likeness (QED) is 0.772. The standard InChI is InChI=1S/C20H26N2O5/c1-14(23)21-18(16-9-5-6-10-16)19(24)27-17-11-22(12-17)20(25)26-13-15-7-3-2-4-8-15/h2-4,7-8,16-18H,5-6,9-13H2,1H3,(H,21,23). The third kappa shape index (κ3) is 5.21. The van der Waals surface area contributed by atoms with Crippen LogP contribution in [0.4, 0.5) is 4.79 Å². The van der Waals surface area contributed by atoms with Crippen LogP contribution < -0.4 is 5.32 Å². The second-order valence-corrected chi connectivity index (χ2v) is 7.23. The molecule has 1 aromatic rings. The molecule has 146 valence electrons. The van der Waals surface area contributed by atoms with E-state index in [1.54, 1.807) is 0 Å². The van der Waals surface area contributed by atoms with Crippen LogP contribution in [0.1, 0.15) is 38.2 Å². The van der Waals surface area contributed by atoms with E-state index in [0.717, 1.165) is 31.2 Å². The van der Waals surface area contributed by atoms with E-state index in [-0.39, 0.29) is 24.5 Å². The molecule has 0 bridgehead atoms. The Morgan fingerprint density at radius 2 is 1.81 bits per heavy atom. The number of benzene rings is 1. The van der Waals surface area contributed by atoms with Crippen molar-refractivity contribution in [3.8, 4) is 0 Å². The van der Waals surface area contributed by atoms with Gasteiger partial charge < -0.3 is 19.7 Å². The molecule has 7 nitrogen and oxygen atoms in total. The summed E-state index contributed by atoms with van der Waals surface area (Å²) in [5.74, 6) is -0.503. The molecule has 2 amide bonds. The van der Waals surface area contributed by atoms with Gasteiger partial charge in [0.15, 0.2) is 0 Å². The maximum atomic E-state index is 12.5. The molecule has 0 aromatic heterocycles. The fourth-order valence-corrected chi connectivity index (χ4v) is 3.59. The van der Waals surface area contributed by atoms with Crippen LogP contribution in [0.3, 0.4) is 0 Å². The van der Waals surface area contributed by atoms with Gasteiger partial charge in [0.05, 0.1) is 13.1 Å². The number of carbonyl (C=O) groups is 3. The van der Waals surface area contributed by atoms with E-state index in [1.807, 2.05) is 30.3 Å². The van der Waals surface area contributed by atoms with Crippen molar-refractivity contribution in [3.63, 3.8) is 0 Å². The second kappa shape index (κ2) is 8.88. The van der Waals surface area contributed by atoms with Gasteiger partial charge in [-0.3, -0.25) is 4.79 Å². The van der Waals surface area contributed by atoms with Crippen molar-refractivity contribution in [1.29, 1.82) is 0 Å². The summed E-state index contributed by atoms with van der Waals surface area (Å²) >= 11 is 0. The number of amides is 2. The van der Waals surface area contributed by atoms with E-state index in [1.165, 1.54) is 11.8 Å². The van der Waals surface area contributed by atoms with Crippen molar-refractivity contribution in [2.24, 2.45) is 5.92 Å². The molecule has 1 aliphatic carbocycles. The normalized spacial score (nSPS) is 18.5. The monoisotopic (exact) mass is 374 g/mol. The molecule has 1 saturated heterocycles. The lowest BCUT2D eigenvalue weighted by Crippen LogP contribution is -2.57. The predicted molar refractivity (Wildman–Crippen MR) is 97.6 cm³/mol. The number of hydrogen-bond acceptors (Lipinski definition) is 5. The number of rotatable bonds is 6. The molecule has 2 fully saturated rings. The molecule has 27 heavy (non-hydrogen) atoms. The molecular weight excluding hydrogens is 348 g/mol. The first-order valence-electron chi connectivity index (χ1n) is 9.46. The van der Waals surface area contributed by atoms with Gasteiger partial charge >= 0.3 is 12.1 Å². The maximum absolute atomic E-state index is 12.5. The zero-order valence-corrected chi connectivity index (χ0v) is 15.6. The van der Waals surface area contributed by atoms with Gasteiger partial charge in [0.2, 0.25) is 5.91 Å². The van der Waals surface area contributed by atoms with Crippen molar-refractivity contribution in [3.05, 3.63) is 35.9 Å². The number of esters is 1. The minimum Gasteiger partial charge on any atom is -0.457 e. The SMILES string of the molecule is CC(=O)NC(C(=O)OC1CN(C(=O)OCc2ccccc2)C1)C1CCCC1. The van der Waals surface area contributed by atoms with Gasteiger partial charge in [-0.25, -0.2) is 9.59 Å². The first kappa shape index (κ1) is 19.2. The first-order valence-corrected chi connectivity index (χ1v) is 9.46. The van der Waals surface area contributed by atoms with Crippen molar-refractivity contribution >= 4 is 18.0 Å². The van der Waals surface area contributed by atoms with Gasteiger partial charge in [0.25, 0.3) is 0 Å². The summed E-state index contributed by atoms with van der Waals surface area (Å²) in [6.45, 7) is 2.25.